The monoisotopic (exact) mass is 372 g/mol. The Balaban J connectivity index is 0.00000144. The Morgan fingerprint density at radius 1 is 1.29 bits per heavy atom. The van der Waals surface area contributed by atoms with Gasteiger partial charge in [-0.25, -0.2) is 0 Å². The first-order valence-electron chi connectivity index (χ1n) is 7.52. The van der Waals surface area contributed by atoms with Gasteiger partial charge in [0, 0.05) is 30.6 Å². The smallest absolute Gasteiger partial charge is 0.273 e. The molecule has 3 rings (SSSR count). The second-order valence-corrected chi connectivity index (χ2v) is 6.06. The minimum atomic E-state index is -0.191. The van der Waals surface area contributed by atoms with Crippen molar-refractivity contribution in [3.63, 3.8) is 0 Å². The van der Waals surface area contributed by atoms with Gasteiger partial charge >= 0.3 is 0 Å². The molecule has 1 fully saturated rings. The van der Waals surface area contributed by atoms with Gasteiger partial charge in [-0.1, -0.05) is 12.1 Å². The second kappa shape index (κ2) is 9.01. The van der Waals surface area contributed by atoms with Crippen molar-refractivity contribution in [1.82, 2.24) is 20.8 Å². The lowest BCUT2D eigenvalue weighted by atomic mass is 9.81. The molecule has 24 heavy (non-hydrogen) atoms. The van der Waals surface area contributed by atoms with E-state index in [-0.39, 0.29) is 36.1 Å². The van der Waals surface area contributed by atoms with Crippen LogP contribution in [0.5, 0.6) is 0 Å². The Labute approximate surface area is 153 Å². The van der Waals surface area contributed by atoms with Gasteiger partial charge in [-0.3, -0.25) is 9.78 Å². The van der Waals surface area contributed by atoms with Crippen LogP contribution < -0.4 is 10.6 Å². The lowest BCUT2D eigenvalue weighted by Crippen LogP contribution is -2.42. The van der Waals surface area contributed by atoms with Gasteiger partial charge in [0.15, 0.2) is 11.5 Å². The second-order valence-electron chi connectivity index (χ2n) is 6.06. The first kappa shape index (κ1) is 20.4. The van der Waals surface area contributed by atoms with E-state index in [1.807, 2.05) is 12.1 Å². The van der Waals surface area contributed by atoms with Crippen LogP contribution in [0, 0.1) is 5.41 Å². The lowest BCUT2D eigenvalue weighted by molar-refractivity contribution is 0.0913. The Kier molecular flexibility index (Phi) is 7.66. The molecule has 8 heteroatoms. The molecule has 1 saturated heterocycles. The number of nitrogens with zero attached hydrogens (tertiary/aromatic N) is 2. The standard InChI is InChI=1S/C16H20N4O2.2ClH/c1-16(4-8-18-9-5-16)11-19-15(21)13-10-14(22-20-13)12-2-6-17-7-3-12;;/h2-3,6-7,10,18H,4-5,8-9,11H2,1H3,(H,19,21);2*1H. The van der Waals surface area contributed by atoms with Gasteiger partial charge in [0.25, 0.3) is 5.91 Å². The van der Waals surface area contributed by atoms with Crippen molar-refractivity contribution in [3.05, 3.63) is 36.3 Å². The molecule has 0 spiro atoms. The van der Waals surface area contributed by atoms with Crippen LogP contribution in [-0.2, 0) is 0 Å². The van der Waals surface area contributed by atoms with E-state index in [9.17, 15) is 4.79 Å². The maximum atomic E-state index is 12.2. The van der Waals surface area contributed by atoms with E-state index in [1.54, 1.807) is 18.5 Å². The zero-order chi connectivity index (χ0) is 15.4. The fourth-order valence-electron chi connectivity index (χ4n) is 2.63. The molecular formula is C16H22Cl2N4O2. The Hall–Kier alpha value is -1.63. The molecule has 0 atom stereocenters. The molecule has 1 aliphatic heterocycles. The van der Waals surface area contributed by atoms with Gasteiger partial charge in [-0.05, 0) is 43.5 Å². The Morgan fingerprint density at radius 2 is 1.96 bits per heavy atom. The van der Waals surface area contributed by atoms with Gasteiger partial charge in [0.2, 0.25) is 0 Å². The van der Waals surface area contributed by atoms with Gasteiger partial charge in [-0.2, -0.15) is 0 Å². The quantitative estimate of drug-likeness (QED) is 0.862. The molecule has 2 N–H and O–H groups in total. The number of carbonyl (C=O) groups is 1. The molecule has 0 unspecified atom stereocenters. The Bertz CT molecular complexity index is 643. The molecule has 1 amide bonds. The van der Waals surface area contributed by atoms with Crippen LogP contribution in [-0.4, -0.2) is 35.7 Å². The van der Waals surface area contributed by atoms with E-state index in [0.717, 1.165) is 31.5 Å². The van der Waals surface area contributed by atoms with Crippen LogP contribution in [0.1, 0.15) is 30.3 Å². The number of rotatable bonds is 4. The summed E-state index contributed by atoms with van der Waals surface area (Å²) in [6, 6.07) is 5.30. The van der Waals surface area contributed by atoms with Crippen LogP contribution in [0.25, 0.3) is 11.3 Å². The molecule has 6 nitrogen and oxygen atoms in total. The number of nitrogens with one attached hydrogen (secondary N) is 2. The molecule has 0 aromatic carbocycles. The molecule has 0 aliphatic carbocycles. The van der Waals surface area contributed by atoms with E-state index in [0.29, 0.717) is 18.0 Å². The van der Waals surface area contributed by atoms with Crippen molar-refractivity contribution < 1.29 is 9.32 Å². The minimum Gasteiger partial charge on any atom is -0.355 e. The fourth-order valence-corrected chi connectivity index (χ4v) is 2.63. The van der Waals surface area contributed by atoms with Crippen molar-refractivity contribution in [3.8, 4) is 11.3 Å². The Morgan fingerprint density at radius 3 is 2.62 bits per heavy atom. The highest BCUT2D eigenvalue weighted by Crippen LogP contribution is 2.27. The van der Waals surface area contributed by atoms with Crippen molar-refractivity contribution in [1.29, 1.82) is 0 Å². The van der Waals surface area contributed by atoms with Crippen LogP contribution >= 0.6 is 24.8 Å². The van der Waals surface area contributed by atoms with Gasteiger partial charge in [0.1, 0.15) is 0 Å². The van der Waals surface area contributed by atoms with Gasteiger partial charge in [0.05, 0.1) is 0 Å². The van der Waals surface area contributed by atoms with Gasteiger partial charge in [-0.15, -0.1) is 24.8 Å². The lowest BCUT2D eigenvalue weighted by Gasteiger charge is -2.33. The average Bonchev–Trinajstić information content (AvgIpc) is 3.04. The summed E-state index contributed by atoms with van der Waals surface area (Å²) in [5.41, 5.74) is 1.31. The third-order valence-corrected chi connectivity index (χ3v) is 4.19. The van der Waals surface area contributed by atoms with E-state index in [4.69, 9.17) is 4.52 Å². The number of piperidine rings is 1. The number of halogens is 2. The first-order valence-corrected chi connectivity index (χ1v) is 7.52. The van der Waals surface area contributed by atoms with Crippen LogP contribution in [0.3, 0.4) is 0 Å². The van der Waals surface area contributed by atoms with Crippen LogP contribution in [0.15, 0.2) is 35.1 Å². The number of pyridine rings is 1. The summed E-state index contributed by atoms with van der Waals surface area (Å²) >= 11 is 0. The van der Waals surface area contributed by atoms with Crippen molar-refractivity contribution in [2.45, 2.75) is 19.8 Å². The number of hydrogen-bond donors (Lipinski definition) is 2. The summed E-state index contributed by atoms with van der Waals surface area (Å²) in [6.07, 6.45) is 5.48. The summed E-state index contributed by atoms with van der Waals surface area (Å²) in [4.78, 5) is 16.2. The number of carbonyl (C=O) groups excluding carboxylic acids is 1. The van der Waals surface area contributed by atoms with Crippen LogP contribution in [0.4, 0.5) is 0 Å². The highest BCUT2D eigenvalue weighted by atomic mass is 35.5. The molecule has 132 valence electrons. The van der Waals surface area contributed by atoms with E-state index < -0.39 is 0 Å². The topological polar surface area (TPSA) is 80.1 Å². The maximum absolute atomic E-state index is 12.2. The van der Waals surface area contributed by atoms with E-state index in [1.165, 1.54) is 0 Å². The summed E-state index contributed by atoms with van der Waals surface area (Å²) in [7, 11) is 0. The summed E-state index contributed by atoms with van der Waals surface area (Å²) in [6.45, 7) is 4.87. The van der Waals surface area contributed by atoms with Crippen LogP contribution in [0.2, 0.25) is 0 Å². The first-order chi connectivity index (χ1) is 10.7. The zero-order valence-corrected chi connectivity index (χ0v) is 15.1. The minimum absolute atomic E-state index is 0. The molecule has 0 radical (unpaired) electrons. The summed E-state index contributed by atoms with van der Waals surface area (Å²) in [5, 5.41) is 10.2. The molecule has 0 saturated carbocycles. The molecule has 1 aliphatic rings. The van der Waals surface area contributed by atoms with Gasteiger partial charge < -0.3 is 15.2 Å². The predicted octanol–water partition coefficient (Wildman–Crippen LogP) is 2.70. The summed E-state index contributed by atoms with van der Waals surface area (Å²) in [5.74, 6) is 0.379. The molecule has 2 aromatic rings. The normalized spacial score (nSPS) is 15.7. The molecule has 3 heterocycles. The molecule has 0 bridgehead atoms. The SMILES string of the molecule is CC1(CNC(=O)c2cc(-c3ccncc3)on2)CCNCC1.Cl.Cl. The highest BCUT2D eigenvalue weighted by Gasteiger charge is 2.27. The van der Waals surface area contributed by atoms with E-state index in [2.05, 4.69) is 27.7 Å². The van der Waals surface area contributed by atoms with Crippen molar-refractivity contribution >= 4 is 30.7 Å². The molecular weight excluding hydrogens is 351 g/mol. The van der Waals surface area contributed by atoms with Crippen molar-refractivity contribution in [2.75, 3.05) is 19.6 Å². The number of amides is 1. The average molecular weight is 373 g/mol. The summed E-state index contributed by atoms with van der Waals surface area (Å²) < 4.78 is 5.24. The highest BCUT2D eigenvalue weighted by molar-refractivity contribution is 5.93. The largest absolute Gasteiger partial charge is 0.355 e. The number of hydrogen-bond acceptors (Lipinski definition) is 5. The maximum Gasteiger partial charge on any atom is 0.273 e. The van der Waals surface area contributed by atoms with E-state index >= 15 is 0 Å². The van der Waals surface area contributed by atoms with Crippen molar-refractivity contribution in [2.24, 2.45) is 5.41 Å². The third kappa shape index (κ3) is 4.93. The number of aromatic nitrogens is 2. The fraction of sp³-hybridized carbons (Fsp3) is 0.438. The zero-order valence-electron chi connectivity index (χ0n) is 13.4. The third-order valence-electron chi connectivity index (χ3n) is 4.19. The predicted molar refractivity (Wildman–Crippen MR) is 96.8 cm³/mol. The molecule has 2 aromatic heterocycles.